The van der Waals surface area contributed by atoms with Crippen LogP contribution in [0.15, 0.2) is 30.5 Å². The Hall–Kier alpha value is -2.87. The second-order valence-corrected chi connectivity index (χ2v) is 9.76. The van der Waals surface area contributed by atoms with E-state index < -0.39 is 5.82 Å². The molecule has 0 N–H and O–H groups in total. The molecule has 2 aliphatic rings. The summed E-state index contributed by atoms with van der Waals surface area (Å²) in [7, 11) is 0. The van der Waals surface area contributed by atoms with Gasteiger partial charge in [-0.05, 0) is 32.9 Å². The summed E-state index contributed by atoms with van der Waals surface area (Å²) in [5, 5.41) is 0.679. The molecule has 2 atom stereocenters. The summed E-state index contributed by atoms with van der Waals surface area (Å²) in [4.78, 5) is 31.9. The number of aromatic nitrogens is 3. The highest BCUT2D eigenvalue weighted by Gasteiger charge is 2.43. The van der Waals surface area contributed by atoms with Crippen molar-refractivity contribution in [1.29, 1.82) is 0 Å². The number of thiazole rings is 1. The van der Waals surface area contributed by atoms with Crippen molar-refractivity contribution in [3.63, 3.8) is 0 Å². The minimum absolute atomic E-state index is 0.131. The Morgan fingerprint density at radius 3 is 2.35 bits per heavy atom. The van der Waals surface area contributed by atoms with Crippen LogP contribution in [0.25, 0.3) is 10.6 Å². The number of amides is 1. The highest BCUT2D eigenvalue weighted by molar-refractivity contribution is 7.15. The van der Waals surface area contributed by atoms with Crippen molar-refractivity contribution in [3.8, 4) is 10.6 Å². The van der Waals surface area contributed by atoms with Gasteiger partial charge < -0.3 is 9.80 Å². The normalized spacial score (nSPS) is 20.4. The van der Waals surface area contributed by atoms with Gasteiger partial charge in [-0.25, -0.2) is 19.3 Å². The zero-order valence-corrected chi connectivity index (χ0v) is 18.6. The molecule has 2 aliphatic heterocycles. The number of aryl methyl sites for hydroxylation is 3. The molecular formula is C23H24FN5OS. The fraction of sp³-hybridized carbons (Fsp3) is 0.391. The van der Waals surface area contributed by atoms with Gasteiger partial charge in [0.15, 0.2) is 0 Å². The predicted octanol–water partition coefficient (Wildman–Crippen LogP) is 3.87. The molecule has 4 heterocycles. The maximum atomic E-state index is 14.8. The summed E-state index contributed by atoms with van der Waals surface area (Å²) in [5.41, 5.74) is 2.62. The first-order chi connectivity index (χ1) is 14.9. The van der Waals surface area contributed by atoms with Gasteiger partial charge in [0.25, 0.3) is 5.91 Å². The number of nitrogens with zero attached hydrogens (tertiary/aromatic N) is 5. The lowest BCUT2D eigenvalue weighted by Crippen LogP contribution is -2.34. The van der Waals surface area contributed by atoms with Crippen LogP contribution in [0, 0.1) is 38.4 Å². The van der Waals surface area contributed by atoms with Crippen LogP contribution in [0.4, 0.5) is 10.3 Å². The smallest absolute Gasteiger partial charge is 0.257 e. The molecule has 5 rings (SSSR count). The van der Waals surface area contributed by atoms with Crippen molar-refractivity contribution in [2.24, 2.45) is 11.8 Å². The van der Waals surface area contributed by atoms with Gasteiger partial charge in [0.2, 0.25) is 5.95 Å². The van der Waals surface area contributed by atoms with E-state index in [9.17, 15) is 9.18 Å². The number of hydrogen-bond donors (Lipinski definition) is 0. The predicted molar refractivity (Wildman–Crippen MR) is 119 cm³/mol. The van der Waals surface area contributed by atoms with Gasteiger partial charge in [-0.1, -0.05) is 12.1 Å². The van der Waals surface area contributed by atoms with Crippen molar-refractivity contribution in [2.45, 2.75) is 20.8 Å². The Kier molecular flexibility index (Phi) is 4.97. The Bertz CT molecular complexity index is 1130. The SMILES string of the molecule is Cc1cc(C)nc(N2CC3CN(C(=O)c4c(F)cccc4-c4ncc(C)s4)CC3C2)n1. The van der Waals surface area contributed by atoms with Gasteiger partial charge in [0.05, 0.1) is 5.56 Å². The van der Waals surface area contributed by atoms with Crippen LogP contribution in [-0.2, 0) is 0 Å². The lowest BCUT2D eigenvalue weighted by Gasteiger charge is -2.23. The monoisotopic (exact) mass is 437 g/mol. The Morgan fingerprint density at radius 1 is 1.06 bits per heavy atom. The van der Waals surface area contributed by atoms with Crippen molar-refractivity contribution in [1.82, 2.24) is 19.9 Å². The molecule has 1 aromatic carbocycles. The number of carbonyl (C=O) groups is 1. The molecule has 2 aromatic heterocycles. The van der Waals surface area contributed by atoms with Crippen molar-refractivity contribution < 1.29 is 9.18 Å². The maximum absolute atomic E-state index is 14.8. The van der Waals surface area contributed by atoms with Crippen molar-refractivity contribution in [2.75, 3.05) is 31.1 Å². The maximum Gasteiger partial charge on any atom is 0.257 e. The molecule has 0 bridgehead atoms. The lowest BCUT2D eigenvalue weighted by atomic mass is 10.0. The number of carbonyl (C=O) groups excluding carboxylic acids is 1. The number of likely N-dealkylation sites (tertiary alicyclic amines) is 1. The van der Waals surface area contributed by atoms with E-state index in [-0.39, 0.29) is 11.5 Å². The number of fused-ring (bicyclic) bond motifs is 1. The van der Waals surface area contributed by atoms with E-state index in [1.807, 2.05) is 26.8 Å². The first kappa shape index (κ1) is 20.1. The van der Waals surface area contributed by atoms with Crippen LogP contribution in [0.3, 0.4) is 0 Å². The Labute approximate surface area is 184 Å². The molecule has 0 spiro atoms. The molecule has 2 unspecified atom stereocenters. The van der Waals surface area contributed by atoms with Gasteiger partial charge in [0, 0.05) is 66.0 Å². The zero-order valence-electron chi connectivity index (χ0n) is 17.8. The number of benzene rings is 1. The van der Waals surface area contributed by atoms with E-state index >= 15 is 0 Å². The minimum Gasteiger partial charge on any atom is -0.340 e. The summed E-state index contributed by atoms with van der Waals surface area (Å²) >= 11 is 1.47. The molecule has 2 fully saturated rings. The fourth-order valence-electron chi connectivity index (χ4n) is 4.73. The van der Waals surface area contributed by atoms with Gasteiger partial charge in [0.1, 0.15) is 10.8 Å². The molecule has 31 heavy (non-hydrogen) atoms. The Balaban J connectivity index is 1.35. The van der Waals surface area contributed by atoms with Gasteiger partial charge in [-0.3, -0.25) is 4.79 Å². The second kappa shape index (κ2) is 7.67. The van der Waals surface area contributed by atoms with E-state index in [4.69, 9.17) is 0 Å². The summed E-state index contributed by atoms with van der Waals surface area (Å²) in [6.45, 7) is 8.77. The number of halogens is 1. The van der Waals surface area contributed by atoms with E-state index in [1.54, 1.807) is 23.2 Å². The number of hydrogen-bond acceptors (Lipinski definition) is 6. The third kappa shape index (κ3) is 3.69. The van der Waals surface area contributed by atoms with Crippen LogP contribution < -0.4 is 4.90 Å². The van der Waals surface area contributed by atoms with Crippen molar-refractivity contribution >= 4 is 23.2 Å². The average molecular weight is 438 g/mol. The molecule has 0 aliphatic carbocycles. The quantitative estimate of drug-likeness (QED) is 0.622. The lowest BCUT2D eigenvalue weighted by molar-refractivity contribution is 0.0778. The largest absolute Gasteiger partial charge is 0.340 e. The van der Waals surface area contributed by atoms with E-state index in [2.05, 4.69) is 19.9 Å². The van der Waals surface area contributed by atoms with Crippen LogP contribution >= 0.6 is 11.3 Å². The van der Waals surface area contributed by atoms with Crippen molar-refractivity contribution in [3.05, 3.63) is 58.1 Å². The molecule has 160 valence electrons. The molecule has 2 saturated heterocycles. The van der Waals surface area contributed by atoms with E-state index in [0.29, 0.717) is 35.5 Å². The third-order valence-corrected chi connectivity index (χ3v) is 7.05. The highest BCUT2D eigenvalue weighted by Crippen LogP contribution is 2.36. The Morgan fingerprint density at radius 2 is 1.74 bits per heavy atom. The fourth-order valence-corrected chi connectivity index (χ4v) is 5.52. The average Bonchev–Trinajstić information content (AvgIpc) is 3.41. The van der Waals surface area contributed by atoms with Crippen LogP contribution in [0.1, 0.15) is 26.6 Å². The van der Waals surface area contributed by atoms with Crippen LogP contribution in [0.2, 0.25) is 0 Å². The van der Waals surface area contributed by atoms with Gasteiger partial charge in [-0.15, -0.1) is 11.3 Å². The molecule has 1 amide bonds. The molecular weight excluding hydrogens is 413 g/mol. The summed E-state index contributed by atoms with van der Waals surface area (Å²) < 4.78 is 14.8. The molecule has 6 nitrogen and oxygen atoms in total. The standard InChI is InChI=1S/C23H24FN5OS/c1-13-7-14(2)27-23(26-13)29-11-16-9-28(10-17(16)12-29)22(30)20-18(5-4-6-19(20)24)21-25-8-15(3)31-21/h4-8,16-17H,9-12H2,1-3H3. The number of rotatable bonds is 3. The number of anilines is 1. The first-order valence-corrected chi connectivity index (χ1v) is 11.3. The summed E-state index contributed by atoms with van der Waals surface area (Å²) in [6.07, 6.45) is 1.75. The molecule has 8 heteroatoms. The topological polar surface area (TPSA) is 62.2 Å². The molecule has 3 aromatic rings. The van der Waals surface area contributed by atoms with Gasteiger partial charge >= 0.3 is 0 Å². The van der Waals surface area contributed by atoms with E-state index in [0.717, 1.165) is 35.3 Å². The van der Waals surface area contributed by atoms with Crippen LogP contribution in [-0.4, -0.2) is 51.9 Å². The third-order valence-electron chi connectivity index (χ3n) is 6.11. The first-order valence-electron chi connectivity index (χ1n) is 10.5. The zero-order chi connectivity index (χ0) is 21.7. The van der Waals surface area contributed by atoms with E-state index in [1.165, 1.54) is 17.4 Å². The summed E-state index contributed by atoms with van der Waals surface area (Å²) in [6, 6.07) is 6.74. The molecule has 0 radical (unpaired) electrons. The van der Waals surface area contributed by atoms with Crippen LogP contribution in [0.5, 0.6) is 0 Å². The van der Waals surface area contributed by atoms with Gasteiger partial charge in [-0.2, -0.15) is 0 Å². The minimum atomic E-state index is -0.488. The molecule has 0 saturated carbocycles. The summed E-state index contributed by atoms with van der Waals surface area (Å²) in [5.74, 6) is 0.707. The second-order valence-electron chi connectivity index (χ2n) is 8.52. The highest BCUT2D eigenvalue weighted by atomic mass is 32.1.